The fourth-order valence-electron chi connectivity index (χ4n) is 1.29. The summed E-state index contributed by atoms with van der Waals surface area (Å²) in [5, 5.41) is 0. The third-order valence-electron chi connectivity index (χ3n) is 2.14. The number of halogens is 2. The van der Waals surface area contributed by atoms with Gasteiger partial charge in [0.1, 0.15) is 6.61 Å². The number of anilines is 1. The Balaban J connectivity index is 2.12. The summed E-state index contributed by atoms with van der Waals surface area (Å²) in [6, 6.07) is 9.83. The molecule has 0 aliphatic heterocycles. The molecule has 0 unspecified atom stereocenters. The molecule has 1 aromatic heterocycles. The average molecular weight is 236 g/mol. The summed E-state index contributed by atoms with van der Waals surface area (Å²) in [7, 11) is 0. The Kier molecular flexibility index (Phi) is 3.18. The number of hydrogen-bond acceptors (Lipinski definition) is 3. The first-order valence-electron chi connectivity index (χ1n) is 4.95. The Bertz CT molecular complexity index is 517. The average Bonchev–Trinajstić information content (AvgIpc) is 2.33. The zero-order valence-electron chi connectivity index (χ0n) is 8.86. The van der Waals surface area contributed by atoms with E-state index in [0.717, 1.165) is 5.56 Å². The van der Waals surface area contributed by atoms with E-state index in [-0.39, 0.29) is 18.3 Å². The molecule has 2 rings (SSSR count). The minimum atomic E-state index is -0.894. The number of pyridine rings is 1. The van der Waals surface area contributed by atoms with Crippen LogP contribution in [0.4, 0.5) is 14.6 Å². The predicted molar refractivity (Wildman–Crippen MR) is 59.3 cm³/mol. The number of rotatable bonds is 3. The molecule has 0 saturated carbocycles. The molecule has 2 aromatic rings. The highest BCUT2D eigenvalue weighted by Crippen LogP contribution is 2.19. The van der Waals surface area contributed by atoms with Crippen molar-refractivity contribution in [3.8, 4) is 5.88 Å². The van der Waals surface area contributed by atoms with Gasteiger partial charge in [-0.15, -0.1) is 0 Å². The van der Waals surface area contributed by atoms with Crippen LogP contribution in [0, 0.1) is 11.6 Å². The Hall–Kier alpha value is -2.17. The summed E-state index contributed by atoms with van der Waals surface area (Å²) >= 11 is 0. The minimum absolute atomic E-state index is 0.149. The van der Waals surface area contributed by atoms with Crippen LogP contribution in [0.25, 0.3) is 0 Å². The van der Waals surface area contributed by atoms with E-state index in [2.05, 4.69) is 4.98 Å². The molecular formula is C12H10F2N2O. The first kappa shape index (κ1) is 11.3. The van der Waals surface area contributed by atoms with Gasteiger partial charge >= 0.3 is 0 Å². The monoisotopic (exact) mass is 236 g/mol. The maximum Gasteiger partial charge on any atom is 0.252 e. The zero-order valence-corrected chi connectivity index (χ0v) is 8.86. The number of nitrogens with two attached hydrogens (primary N) is 1. The molecule has 2 N–H and O–H groups in total. The molecule has 0 fully saturated rings. The fourth-order valence-corrected chi connectivity index (χ4v) is 1.29. The normalized spacial score (nSPS) is 10.2. The van der Waals surface area contributed by atoms with Crippen molar-refractivity contribution in [2.45, 2.75) is 6.61 Å². The number of aromatic nitrogens is 1. The van der Waals surface area contributed by atoms with E-state index in [0.29, 0.717) is 6.07 Å². The van der Waals surface area contributed by atoms with Crippen molar-refractivity contribution in [2.24, 2.45) is 0 Å². The van der Waals surface area contributed by atoms with Crippen LogP contribution in [0.1, 0.15) is 5.56 Å². The van der Waals surface area contributed by atoms with E-state index in [1.165, 1.54) is 0 Å². The second-order valence-electron chi connectivity index (χ2n) is 3.42. The van der Waals surface area contributed by atoms with E-state index >= 15 is 0 Å². The molecule has 1 aromatic carbocycles. The lowest BCUT2D eigenvalue weighted by Gasteiger charge is -2.07. The van der Waals surface area contributed by atoms with Gasteiger partial charge in [-0.2, -0.15) is 4.98 Å². The first-order valence-corrected chi connectivity index (χ1v) is 4.95. The smallest absolute Gasteiger partial charge is 0.252 e. The standard InChI is InChI=1S/C12H10F2N2O/c13-9-6-10(14)12(16-11(9)15)17-7-8-4-2-1-3-5-8/h1-6H,7H2,(H2,15,16). The van der Waals surface area contributed by atoms with Crippen molar-refractivity contribution < 1.29 is 13.5 Å². The van der Waals surface area contributed by atoms with Gasteiger partial charge in [-0.3, -0.25) is 0 Å². The van der Waals surface area contributed by atoms with Crippen LogP contribution in [-0.4, -0.2) is 4.98 Å². The Morgan fingerprint density at radius 2 is 1.82 bits per heavy atom. The Labute approximate surface area is 96.9 Å². The lowest BCUT2D eigenvalue weighted by molar-refractivity contribution is 0.276. The predicted octanol–water partition coefficient (Wildman–Crippen LogP) is 2.52. The third kappa shape index (κ3) is 2.69. The van der Waals surface area contributed by atoms with Crippen LogP contribution < -0.4 is 10.5 Å². The summed E-state index contributed by atoms with van der Waals surface area (Å²) in [4.78, 5) is 3.49. The fraction of sp³-hybridized carbons (Fsp3) is 0.0833. The highest BCUT2D eigenvalue weighted by molar-refractivity contribution is 5.34. The lowest BCUT2D eigenvalue weighted by Crippen LogP contribution is -2.03. The number of hydrogen-bond donors (Lipinski definition) is 1. The molecule has 0 radical (unpaired) electrons. The van der Waals surface area contributed by atoms with Crippen LogP contribution in [-0.2, 0) is 6.61 Å². The van der Waals surface area contributed by atoms with Crippen molar-refractivity contribution in [3.05, 3.63) is 53.6 Å². The number of nitrogen functional groups attached to an aromatic ring is 1. The van der Waals surface area contributed by atoms with Crippen molar-refractivity contribution in [1.82, 2.24) is 4.98 Å². The molecule has 0 atom stereocenters. The minimum Gasteiger partial charge on any atom is -0.471 e. The second-order valence-corrected chi connectivity index (χ2v) is 3.42. The van der Waals surface area contributed by atoms with Crippen LogP contribution in [0.15, 0.2) is 36.4 Å². The van der Waals surface area contributed by atoms with Gasteiger partial charge in [-0.1, -0.05) is 30.3 Å². The molecule has 17 heavy (non-hydrogen) atoms. The number of ether oxygens (including phenoxy) is 1. The van der Waals surface area contributed by atoms with Gasteiger partial charge in [0, 0.05) is 6.07 Å². The van der Waals surface area contributed by atoms with Gasteiger partial charge in [0.15, 0.2) is 17.5 Å². The molecular weight excluding hydrogens is 226 g/mol. The maximum absolute atomic E-state index is 13.3. The Morgan fingerprint density at radius 1 is 1.12 bits per heavy atom. The third-order valence-corrected chi connectivity index (χ3v) is 2.14. The molecule has 3 nitrogen and oxygen atoms in total. The molecule has 1 heterocycles. The summed E-state index contributed by atoms with van der Waals surface area (Å²) < 4.78 is 31.2. The molecule has 0 saturated heterocycles. The number of nitrogens with zero attached hydrogens (tertiary/aromatic N) is 1. The van der Waals surface area contributed by atoms with E-state index in [9.17, 15) is 8.78 Å². The highest BCUT2D eigenvalue weighted by Gasteiger charge is 2.10. The summed E-state index contributed by atoms with van der Waals surface area (Å²) in [5.41, 5.74) is 6.08. The van der Waals surface area contributed by atoms with Gasteiger partial charge in [0.05, 0.1) is 0 Å². The van der Waals surface area contributed by atoms with Crippen molar-refractivity contribution in [3.63, 3.8) is 0 Å². The summed E-state index contributed by atoms with van der Waals surface area (Å²) in [5.74, 6) is -2.44. The molecule has 0 spiro atoms. The summed E-state index contributed by atoms with van der Waals surface area (Å²) in [6.45, 7) is 0.149. The summed E-state index contributed by atoms with van der Waals surface area (Å²) in [6.07, 6.45) is 0. The van der Waals surface area contributed by atoms with Crippen LogP contribution in [0.5, 0.6) is 5.88 Å². The van der Waals surface area contributed by atoms with E-state index in [1.807, 2.05) is 30.3 Å². The topological polar surface area (TPSA) is 48.1 Å². The van der Waals surface area contributed by atoms with Crippen molar-refractivity contribution >= 4 is 5.82 Å². The molecule has 0 bridgehead atoms. The molecule has 0 aliphatic carbocycles. The van der Waals surface area contributed by atoms with Crippen molar-refractivity contribution in [1.29, 1.82) is 0 Å². The van der Waals surface area contributed by atoms with Gasteiger partial charge < -0.3 is 10.5 Å². The molecule has 0 aliphatic rings. The lowest BCUT2D eigenvalue weighted by atomic mass is 10.2. The van der Waals surface area contributed by atoms with Crippen LogP contribution in [0.2, 0.25) is 0 Å². The van der Waals surface area contributed by atoms with Gasteiger partial charge in [-0.25, -0.2) is 8.78 Å². The van der Waals surface area contributed by atoms with E-state index in [1.54, 1.807) is 0 Å². The molecule has 0 amide bonds. The van der Waals surface area contributed by atoms with Crippen LogP contribution in [0.3, 0.4) is 0 Å². The molecule has 5 heteroatoms. The molecule has 88 valence electrons. The zero-order chi connectivity index (χ0) is 12.3. The van der Waals surface area contributed by atoms with E-state index in [4.69, 9.17) is 10.5 Å². The quantitative estimate of drug-likeness (QED) is 0.890. The van der Waals surface area contributed by atoms with Crippen LogP contribution >= 0.6 is 0 Å². The van der Waals surface area contributed by atoms with E-state index < -0.39 is 11.6 Å². The SMILES string of the molecule is Nc1nc(OCc2ccccc2)c(F)cc1F. The van der Waals surface area contributed by atoms with Gasteiger partial charge in [-0.05, 0) is 5.56 Å². The maximum atomic E-state index is 13.3. The second kappa shape index (κ2) is 4.78. The Morgan fingerprint density at radius 3 is 2.53 bits per heavy atom. The van der Waals surface area contributed by atoms with Crippen molar-refractivity contribution in [2.75, 3.05) is 5.73 Å². The van der Waals surface area contributed by atoms with Gasteiger partial charge in [0.2, 0.25) is 0 Å². The number of benzene rings is 1. The largest absolute Gasteiger partial charge is 0.471 e. The van der Waals surface area contributed by atoms with Gasteiger partial charge in [0.25, 0.3) is 5.88 Å². The first-order chi connectivity index (χ1) is 8.16. The highest BCUT2D eigenvalue weighted by atomic mass is 19.1.